The third-order valence-corrected chi connectivity index (χ3v) is 5.61. The fourth-order valence-electron chi connectivity index (χ4n) is 3.75. The summed E-state index contributed by atoms with van der Waals surface area (Å²) < 4.78 is 0. The number of aliphatic imine (C=N–C) groups is 1. The predicted molar refractivity (Wildman–Crippen MR) is 123 cm³/mol. The fraction of sp³-hybridized carbons (Fsp3) is 0.947. The Morgan fingerprint density at radius 3 is 2.19 bits per heavy atom. The molecular weight excluding hydrogens is 439 g/mol. The number of hydrogen-bond donors (Lipinski definition) is 2. The van der Waals surface area contributed by atoms with Crippen molar-refractivity contribution in [3.05, 3.63) is 0 Å². The standard InChI is InChI=1S/C19H40N6.HI/c1-16(2)25-8-6-18(7-9-25)22-19(20-4)21-14-17(3)15-24-12-10-23(5)11-13-24;/h16-18H,6-15H2,1-5H3,(H2,20,21,22);1H. The summed E-state index contributed by atoms with van der Waals surface area (Å²) >= 11 is 0. The van der Waals surface area contributed by atoms with Crippen LogP contribution in [0.1, 0.15) is 33.6 Å². The Labute approximate surface area is 178 Å². The van der Waals surface area contributed by atoms with Gasteiger partial charge in [0.15, 0.2) is 5.96 Å². The topological polar surface area (TPSA) is 46.1 Å². The first-order valence-corrected chi connectivity index (χ1v) is 10.1. The van der Waals surface area contributed by atoms with Gasteiger partial charge < -0.3 is 25.3 Å². The molecule has 1 atom stereocenters. The maximum atomic E-state index is 4.43. The smallest absolute Gasteiger partial charge is 0.191 e. The highest BCUT2D eigenvalue weighted by Crippen LogP contribution is 2.12. The summed E-state index contributed by atoms with van der Waals surface area (Å²) in [4.78, 5) is 12.0. The molecule has 26 heavy (non-hydrogen) atoms. The van der Waals surface area contributed by atoms with E-state index in [9.17, 15) is 0 Å². The van der Waals surface area contributed by atoms with Gasteiger partial charge in [0.25, 0.3) is 0 Å². The Hall–Kier alpha value is -0.120. The molecule has 2 fully saturated rings. The molecule has 0 bridgehead atoms. The molecule has 7 heteroatoms. The van der Waals surface area contributed by atoms with Crippen LogP contribution in [-0.2, 0) is 0 Å². The van der Waals surface area contributed by atoms with E-state index in [1.54, 1.807) is 0 Å². The summed E-state index contributed by atoms with van der Waals surface area (Å²) in [5.41, 5.74) is 0. The van der Waals surface area contributed by atoms with Crippen molar-refractivity contribution >= 4 is 29.9 Å². The summed E-state index contributed by atoms with van der Waals surface area (Å²) in [5, 5.41) is 7.16. The molecule has 0 aromatic heterocycles. The second-order valence-corrected chi connectivity index (χ2v) is 8.21. The monoisotopic (exact) mass is 480 g/mol. The van der Waals surface area contributed by atoms with Gasteiger partial charge >= 0.3 is 0 Å². The second-order valence-electron chi connectivity index (χ2n) is 8.21. The largest absolute Gasteiger partial charge is 0.356 e. The quantitative estimate of drug-likeness (QED) is 0.343. The van der Waals surface area contributed by atoms with Crippen LogP contribution < -0.4 is 10.6 Å². The molecule has 0 aromatic rings. The van der Waals surface area contributed by atoms with E-state index in [0.29, 0.717) is 18.0 Å². The molecule has 1 unspecified atom stereocenters. The van der Waals surface area contributed by atoms with Crippen LogP contribution in [0.2, 0.25) is 0 Å². The zero-order valence-corrected chi connectivity index (χ0v) is 19.8. The third kappa shape index (κ3) is 8.27. The summed E-state index contributed by atoms with van der Waals surface area (Å²) in [7, 11) is 4.09. The van der Waals surface area contributed by atoms with Gasteiger partial charge in [0.2, 0.25) is 0 Å². The van der Waals surface area contributed by atoms with E-state index in [1.165, 1.54) is 58.7 Å². The lowest BCUT2D eigenvalue weighted by Crippen LogP contribution is -2.51. The Kier molecular flexibility index (Phi) is 11.4. The van der Waals surface area contributed by atoms with E-state index in [1.807, 2.05) is 7.05 Å². The van der Waals surface area contributed by atoms with Gasteiger partial charge in [0.1, 0.15) is 0 Å². The summed E-state index contributed by atoms with van der Waals surface area (Å²) in [6, 6.07) is 1.21. The van der Waals surface area contributed by atoms with Crippen LogP contribution in [0.15, 0.2) is 4.99 Å². The van der Waals surface area contributed by atoms with Crippen molar-refractivity contribution in [3.8, 4) is 0 Å². The molecule has 0 aliphatic carbocycles. The molecule has 2 saturated heterocycles. The lowest BCUT2D eigenvalue weighted by molar-refractivity contribution is 0.139. The lowest BCUT2D eigenvalue weighted by Gasteiger charge is -2.35. The molecule has 0 saturated carbocycles. The minimum atomic E-state index is 0. The Morgan fingerprint density at radius 2 is 1.65 bits per heavy atom. The molecule has 0 spiro atoms. The maximum absolute atomic E-state index is 4.43. The van der Waals surface area contributed by atoms with E-state index < -0.39 is 0 Å². The number of likely N-dealkylation sites (tertiary alicyclic amines) is 1. The molecule has 0 aromatic carbocycles. The number of nitrogens with one attached hydrogen (secondary N) is 2. The van der Waals surface area contributed by atoms with Crippen molar-refractivity contribution in [3.63, 3.8) is 0 Å². The lowest BCUT2D eigenvalue weighted by atomic mass is 10.0. The number of piperazine rings is 1. The molecule has 2 heterocycles. The predicted octanol–water partition coefficient (Wildman–Crippen LogP) is 1.53. The molecule has 154 valence electrons. The molecule has 2 N–H and O–H groups in total. The molecule has 0 amide bonds. The zero-order chi connectivity index (χ0) is 18.2. The SMILES string of the molecule is CN=C(NCC(C)CN1CCN(C)CC1)NC1CCN(C(C)C)CC1.I. The van der Waals surface area contributed by atoms with Gasteiger partial charge in [-0.05, 0) is 39.7 Å². The van der Waals surface area contributed by atoms with Gasteiger partial charge in [-0.3, -0.25) is 4.99 Å². The molecule has 2 rings (SSSR count). The van der Waals surface area contributed by atoms with Crippen molar-refractivity contribution in [2.45, 2.75) is 45.7 Å². The highest BCUT2D eigenvalue weighted by molar-refractivity contribution is 14.0. The van der Waals surface area contributed by atoms with Gasteiger partial charge in [0, 0.05) is 71.5 Å². The number of nitrogens with zero attached hydrogens (tertiary/aromatic N) is 4. The Bertz CT molecular complexity index is 401. The van der Waals surface area contributed by atoms with Crippen LogP contribution in [0, 0.1) is 5.92 Å². The van der Waals surface area contributed by atoms with Crippen LogP contribution >= 0.6 is 24.0 Å². The van der Waals surface area contributed by atoms with Gasteiger partial charge in [-0.2, -0.15) is 0 Å². The van der Waals surface area contributed by atoms with Crippen molar-refractivity contribution < 1.29 is 0 Å². The van der Waals surface area contributed by atoms with E-state index in [2.05, 4.69) is 58.1 Å². The summed E-state index contributed by atoms with van der Waals surface area (Å²) in [6.45, 7) is 16.2. The van der Waals surface area contributed by atoms with Gasteiger partial charge in [-0.25, -0.2) is 0 Å². The van der Waals surface area contributed by atoms with Gasteiger partial charge in [0.05, 0.1) is 0 Å². The van der Waals surface area contributed by atoms with E-state index in [4.69, 9.17) is 0 Å². The first kappa shape index (κ1) is 23.9. The van der Waals surface area contributed by atoms with Crippen LogP contribution in [0.3, 0.4) is 0 Å². The van der Waals surface area contributed by atoms with Crippen molar-refractivity contribution in [1.29, 1.82) is 0 Å². The van der Waals surface area contributed by atoms with Gasteiger partial charge in [-0.15, -0.1) is 24.0 Å². The van der Waals surface area contributed by atoms with Crippen LogP contribution in [0.25, 0.3) is 0 Å². The molecule has 2 aliphatic heterocycles. The average molecular weight is 480 g/mol. The molecular formula is C19H41IN6. The van der Waals surface area contributed by atoms with E-state index in [-0.39, 0.29) is 24.0 Å². The normalized spacial score (nSPS) is 22.9. The Balaban J connectivity index is 0.00000338. The van der Waals surface area contributed by atoms with Crippen LogP contribution in [-0.4, -0.2) is 99.2 Å². The first-order valence-electron chi connectivity index (χ1n) is 10.1. The molecule has 2 aliphatic rings. The van der Waals surface area contributed by atoms with Crippen molar-refractivity contribution in [1.82, 2.24) is 25.3 Å². The highest BCUT2D eigenvalue weighted by atomic mass is 127. The number of hydrogen-bond acceptors (Lipinski definition) is 4. The number of guanidine groups is 1. The number of piperidine rings is 1. The van der Waals surface area contributed by atoms with E-state index in [0.717, 1.165) is 12.5 Å². The average Bonchev–Trinajstić information content (AvgIpc) is 2.61. The number of halogens is 1. The minimum Gasteiger partial charge on any atom is -0.356 e. The zero-order valence-electron chi connectivity index (χ0n) is 17.5. The number of likely N-dealkylation sites (N-methyl/N-ethyl adjacent to an activating group) is 1. The summed E-state index contributed by atoms with van der Waals surface area (Å²) in [6.07, 6.45) is 2.41. The first-order chi connectivity index (χ1) is 12.0. The van der Waals surface area contributed by atoms with Crippen molar-refractivity contribution in [2.75, 3.05) is 66.5 Å². The minimum absolute atomic E-state index is 0. The van der Waals surface area contributed by atoms with E-state index >= 15 is 0 Å². The molecule has 0 radical (unpaired) electrons. The van der Waals surface area contributed by atoms with Crippen molar-refractivity contribution in [2.24, 2.45) is 10.9 Å². The van der Waals surface area contributed by atoms with Crippen LogP contribution in [0.4, 0.5) is 0 Å². The van der Waals surface area contributed by atoms with Crippen LogP contribution in [0.5, 0.6) is 0 Å². The number of rotatable bonds is 6. The molecule has 6 nitrogen and oxygen atoms in total. The second kappa shape index (κ2) is 12.4. The summed E-state index contributed by atoms with van der Waals surface area (Å²) in [5.74, 6) is 1.60. The maximum Gasteiger partial charge on any atom is 0.191 e. The third-order valence-electron chi connectivity index (χ3n) is 5.61. The highest BCUT2D eigenvalue weighted by Gasteiger charge is 2.21. The fourth-order valence-corrected chi connectivity index (χ4v) is 3.75. The Morgan fingerprint density at radius 1 is 1.04 bits per heavy atom. The van der Waals surface area contributed by atoms with Gasteiger partial charge in [-0.1, -0.05) is 6.92 Å².